The SMILES string of the molecule is C#CCNC(=O)C(N)=Cc1ccc(C(=O)c2ccccc2)cc1. The van der Waals surface area contributed by atoms with Crippen LogP contribution in [0.15, 0.2) is 60.3 Å². The normalized spacial score (nSPS) is 10.7. The molecule has 0 bridgehead atoms. The van der Waals surface area contributed by atoms with Gasteiger partial charge in [0.05, 0.1) is 12.2 Å². The lowest BCUT2D eigenvalue weighted by molar-refractivity contribution is -0.117. The van der Waals surface area contributed by atoms with Crippen molar-refractivity contribution >= 4 is 17.8 Å². The fraction of sp³-hybridized carbons (Fsp3) is 0.0526. The lowest BCUT2D eigenvalue weighted by atomic mass is 10.0. The molecule has 23 heavy (non-hydrogen) atoms. The van der Waals surface area contributed by atoms with Gasteiger partial charge < -0.3 is 11.1 Å². The number of hydrogen-bond acceptors (Lipinski definition) is 3. The monoisotopic (exact) mass is 304 g/mol. The number of amides is 1. The summed E-state index contributed by atoms with van der Waals surface area (Å²) in [6, 6.07) is 15.9. The fourth-order valence-corrected chi connectivity index (χ4v) is 1.97. The molecule has 2 aromatic rings. The number of rotatable bonds is 5. The number of terminal acetylenes is 1. The minimum atomic E-state index is -0.424. The molecule has 0 aromatic heterocycles. The molecular formula is C19H16N2O2. The van der Waals surface area contributed by atoms with Crippen molar-refractivity contribution < 1.29 is 9.59 Å². The van der Waals surface area contributed by atoms with Crippen molar-refractivity contribution in [1.29, 1.82) is 0 Å². The van der Waals surface area contributed by atoms with Crippen LogP contribution in [0.1, 0.15) is 21.5 Å². The summed E-state index contributed by atoms with van der Waals surface area (Å²) in [5.41, 5.74) is 7.68. The second-order valence-electron chi connectivity index (χ2n) is 4.80. The molecule has 1 amide bonds. The number of benzene rings is 2. The quantitative estimate of drug-likeness (QED) is 0.504. The summed E-state index contributed by atoms with van der Waals surface area (Å²) in [5.74, 6) is 1.82. The Kier molecular flexibility index (Phi) is 5.32. The minimum absolute atomic E-state index is 0.0548. The van der Waals surface area contributed by atoms with E-state index in [1.54, 1.807) is 36.4 Å². The summed E-state index contributed by atoms with van der Waals surface area (Å²) in [4.78, 5) is 23.9. The van der Waals surface area contributed by atoms with Gasteiger partial charge in [-0.2, -0.15) is 0 Å². The molecule has 2 aromatic carbocycles. The Morgan fingerprint density at radius 3 is 2.26 bits per heavy atom. The highest BCUT2D eigenvalue weighted by Crippen LogP contribution is 2.12. The lowest BCUT2D eigenvalue weighted by Gasteiger charge is -2.04. The molecule has 0 fully saturated rings. The van der Waals surface area contributed by atoms with Gasteiger partial charge >= 0.3 is 0 Å². The van der Waals surface area contributed by atoms with Gasteiger partial charge in [0.25, 0.3) is 5.91 Å². The van der Waals surface area contributed by atoms with Crippen LogP contribution < -0.4 is 11.1 Å². The highest BCUT2D eigenvalue weighted by molar-refractivity contribution is 6.09. The van der Waals surface area contributed by atoms with Gasteiger partial charge in [-0.05, 0) is 11.6 Å². The molecule has 0 aliphatic heterocycles. The van der Waals surface area contributed by atoms with Crippen LogP contribution >= 0.6 is 0 Å². The van der Waals surface area contributed by atoms with Crippen molar-refractivity contribution in [1.82, 2.24) is 5.32 Å². The van der Waals surface area contributed by atoms with Crippen LogP contribution in [0.3, 0.4) is 0 Å². The van der Waals surface area contributed by atoms with Gasteiger partial charge in [0.2, 0.25) is 0 Å². The van der Waals surface area contributed by atoms with Gasteiger partial charge in [0, 0.05) is 11.1 Å². The predicted molar refractivity (Wildman–Crippen MR) is 90.3 cm³/mol. The zero-order chi connectivity index (χ0) is 16.7. The van der Waals surface area contributed by atoms with E-state index >= 15 is 0 Å². The Balaban J connectivity index is 2.12. The van der Waals surface area contributed by atoms with Crippen molar-refractivity contribution in [3.8, 4) is 12.3 Å². The van der Waals surface area contributed by atoms with Crippen molar-refractivity contribution in [2.75, 3.05) is 6.54 Å². The van der Waals surface area contributed by atoms with Crippen LogP contribution in [-0.4, -0.2) is 18.2 Å². The number of nitrogens with one attached hydrogen (secondary N) is 1. The van der Waals surface area contributed by atoms with Crippen molar-refractivity contribution in [3.63, 3.8) is 0 Å². The molecule has 114 valence electrons. The van der Waals surface area contributed by atoms with Gasteiger partial charge in [0.1, 0.15) is 0 Å². The maximum Gasteiger partial charge on any atom is 0.267 e. The molecule has 0 atom stereocenters. The van der Waals surface area contributed by atoms with Gasteiger partial charge in [-0.25, -0.2) is 0 Å². The molecule has 0 spiro atoms. The third-order valence-electron chi connectivity index (χ3n) is 3.14. The highest BCUT2D eigenvalue weighted by atomic mass is 16.2. The number of ketones is 1. The van der Waals surface area contributed by atoms with Crippen molar-refractivity contribution in [2.24, 2.45) is 5.73 Å². The van der Waals surface area contributed by atoms with E-state index in [-0.39, 0.29) is 18.0 Å². The van der Waals surface area contributed by atoms with E-state index in [1.165, 1.54) is 6.08 Å². The molecule has 0 unspecified atom stereocenters. The number of hydrogen-bond donors (Lipinski definition) is 2. The largest absolute Gasteiger partial charge is 0.394 e. The highest BCUT2D eigenvalue weighted by Gasteiger charge is 2.08. The van der Waals surface area contributed by atoms with Crippen molar-refractivity contribution in [2.45, 2.75) is 0 Å². The van der Waals surface area contributed by atoms with Crippen LogP contribution in [0.2, 0.25) is 0 Å². The van der Waals surface area contributed by atoms with Crippen LogP contribution in [0.25, 0.3) is 6.08 Å². The second kappa shape index (κ2) is 7.62. The first kappa shape index (κ1) is 16.1. The molecule has 3 N–H and O–H groups in total. The molecule has 2 rings (SSSR count). The smallest absolute Gasteiger partial charge is 0.267 e. The molecule has 0 radical (unpaired) electrons. The topological polar surface area (TPSA) is 72.2 Å². The van der Waals surface area contributed by atoms with Gasteiger partial charge in [-0.15, -0.1) is 6.42 Å². The van der Waals surface area contributed by atoms with E-state index in [0.717, 1.165) is 5.56 Å². The molecule has 0 aliphatic carbocycles. The number of carbonyl (C=O) groups excluding carboxylic acids is 2. The van der Waals surface area contributed by atoms with Gasteiger partial charge in [-0.1, -0.05) is 60.5 Å². The zero-order valence-corrected chi connectivity index (χ0v) is 12.5. The Morgan fingerprint density at radius 1 is 1.04 bits per heavy atom. The second-order valence-corrected chi connectivity index (χ2v) is 4.80. The van der Waals surface area contributed by atoms with Crippen LogP contribution in [0.4, 0.5) is 0 Å². The third kappa shape index (κ3) is 4.32. The first-order chi connectivity index (χ1) is 11.1. The Morgan fingerprint density at radius 2 is 1.65 bits per heavy atom. The standard InChI is InChI=1S/C19H16N2O2/c1-2-12-21-19(23)17(20)13-14-8-10-16(11-9-14)18(22)15-6-4-3-5-7-15/h1,3-11,13H,12,20H2,(H,21,23). The van der Waals surface area contributed by atoms with Gasteiger partial charge in [0.15, 0.2) is 5.78 Å². The van der Waals surface area contributed by atoms with E-state index in [4.69, 9.17) is 12.2 Å². The Bertz CT molecular complexity index is 769. The number of nitrogens with two attached hydrogens (primary N) is 1. The molecule has 4 heteroatoms. The van der Waals surface area contributed by atoms with E-state index in [9.17, 15) is 9.59 Å². The summed E-state index contributed by atoms with van der Waals surface area (Å²) in [5, 5.41) is 2.48. The van der Waals surface area contributed by atoms with E-state index < -0.39 is 5.91 Å². The molecule has 4 nitrogen and oxygen atoms in total. The zero-order valence-electron chi connectivity index (χ0n) is 12.5. The molecular weight excluding hydrogens is 288 g/mol. The van der Waals surface area contributed by atoms with Gasteiger partial charge in [-0.3, -0.25) is 9.59 Å². The Labute approximate surface area is 135 Å². The first-order valence-electron chi connectivity index (χ1n) is 7.00. The molecule has 0 heterocycles. The summed E-state index contributed by atoms with van der Waals surface area (Å²) >= 11 is 0. The average molecular weight is 304 g/mol. The van der Waals surface area contributed by atoms with E-state index in [1.807, 2.05) is 18.2 Å². The van der Waals surface area contributed by atoms with E-state index in [0.29, 0.717) is 11.1 Å². The van der Waals surface area contributed by atoms with Crippen LogP contribution in [0.5, 0.6) is 0 Å². The minimum Gasteiger partial charge on any atom is -0.394 e. The maximum atomic E-state index is 12.3. The Hall–Kier alpha value is -3.32. The average Bonchev–Trinajstić information content (AvgIpc) is 2.60. The van der Waals surface area contributed by atoms with Crippen molar-refractivity contribution in [3.05, 3.63) is 77.0 Å². The molecule has 0 saturated heterocycles. The fourth-order valence-electron chi connectivity index (χ4n) is 1.97. The van der Waals surface area contributed by atoms with E-state index in [2.05, 4.69) is 11.2 Å². The maximum absolute atomic E-state index is 12.3. The number of carbonyl (C=O) groups is 2. The molecule has 0 saturated carbocycles. The van der Waals surface area contributed by atoms with Crippen LogP contribution in [0, 0.1) is 12.3 Å². The summed E-state index contributed by atoms with van der Waals surface area (Å²) in [6.07, 6.45) is 6.60. The lowest BCUT2D eigenvalue weighted by Crippen LogP contribution is -2.28. The predicted octanol–water partition coefficient (Wildman–Crippen LogP) is 1.97. The summed E-state index contributed by atoms with van der Waals surface area (Å²) < 4.78 is 0. The third-order valence-corrected chi connectivity index (χ3v) is 3.14. The van der Waals surface area contributed by atoms with Crippen LogP contribution in [-0.2, 0) is 4.79 Å². The first-order valence-corrected chi connectivity index (χ1v) is 7.00. The summed E-state index contributed by atoms with van der Waals surface area (Å²) in [6.45, 7) is 0.123. The summed E-state index contributed by atoms with van der Waals surface area (Å²) in [7, 11) is 0. The molecule has 0 aliphatic rings.